The Morgan fingerprint density at radius 2 is 1.76 bits per heavy atom. The molecule has 0 saturated carbocycles. The zero-order chi connectivity index (χ0) is 22.0. The number of hydrogen-bond donors (Lipinski definition) is 2. The highest BCUT2D eigenvalue weighted by Crippen LogP contribution is 2.46. The van der Waals surface area contributed by atoms with Crippen molar-refractivity contribution in [1.82, 2.24) is 0 Å². The standard InChI is InChI=1S/C22H23ClF3NO2/c1-4-15-6-5-7-17(19(15)28)20(2,3)13-21(29,22(24,25)26)11-16-9-8-14(12-27)10-18(16)23/h5-10,28-29H,4,11,13H2,1-3H3. The van der Waals surface area contributed by atoms with Crippen LogP contribution >= 0.6 is 11.6 Å². The van der Waals surface area contributed by atoms with Crippen LogP contribution in [0.5, 0.6) is 5.75 Å². The molecule has 2 aromatic rings. The topological polar surface area (TPSA) is 64.2 Å². The Morgan fingerprint density at radius 3 is 2.28 bits per heavy atom. The van der Waals surface area contributed by atoms with Gasteiger partial charge in [-0.2, -0.15) is 18.4 Å². The molecule has 29 heavy (non-hydrogen) atoms. The van der Waals surface area contributed by atoms with Gasteiger partial charge < -0.3 is 10.2 Å². The minimum absolute atomic E-state index is 0.0136. The molecule has 0 radical (unpaired) electrons. The molecular formula is C22H23ClF3NO2. The van der Waals surface area contributed by atoms with Gasteiger partial charge in [0.05, 0.1) is 11.6 Å². The SMILES string of the molecule is CCc1cccc(C(C)(C)CC(O)(Cc2ccc(C#N)cc2Cl)C(F)(F)F)c1O. The van der Waals surface area contributed by atoms with Crippen molar-refractivity contribution in [2.24, 2.45) is 0 Å². The third kappa shape index (κ3) is 4.85. The first-order valence-electron chi connectivity index (χ1n) is 9.13. The number of benzene rings is 2. The number of phenols is 1. The van der Waals surface area contributed by atoms with Crippen LogP contribution in [0.4, 0.5) is 13.2 Å². The number of para-hydroxylation sites is 1. The van der Waals surface area contributed by atoms with Crippen molar-refractivity contribution in [3.8, 4) is 11.8 Å². The summed E-state index contributed by atoms with van der Waals surface area (Å²) in [7, 11) is 0. The average Bonchev–Trinajstić information content (AvgIpc) is 2.62. The van der Waals surface area contributed by atoms with E-state index in [4.69, 9.17) is 16.9 Å². The number of aryl methyl sites for hydroxylation is 1. The Labute approximate surface area is 173 Å². The fourth-order valence-electron chi connectivity index (χ4n) is 3.59. The molecule has 1 unspecified atom stereocenters. The van der Waals surface area contributed by atoms with Crippen LogP contribution in [0.1, 0.15) is 49.4 Å². The highest BCUT2D eigenvalue weighted by Gasteiger charge is 2.56. The molecule has 2 N–H and O–H groups in total. The van der Waals surface area contributed by atoms with E-state index in [2.05, 4.69) is 0 Å². The lowest BCUT2D eigenvalue weighted by atomic mass is 9.72. The van der Waals surface area contributed by atoms with Crippen molar-refractivity contribution < 1.29 is 23.4 Å². The molecule has 3 nitrogen and oxygen atoms in total. The first kappa shape index (κ1) is 23.1. The number of halogens is 4. The van der Waals surface area contributed by atoms with E-state index in [1.54, 1.807) is 32.0 Å². The summed E-state index contributed by atoms with van der Waals surface area (Å²) >= 11 is 6.05. The van der Waals surface area contributed by atoms with Crippen molar-refractivity contribution in [1.29, 1.82) is 5.26 Å². The van der Waals surface area contributed by atoms with Gasteiger partial charge in [0.15, 0.2) is 5.60 Å². The summed E-state index contributed by atoms with van der Waals surface area (Å²) in [4.78, 5) is 0. The molecule has 0 amide bonds. The van der Waals surface area contributed by atoms with E-state index in [1.807, 2.05) is 13.0 Å². The van der Waals surface area contributed by atoms with E-state index in [-0.39, 0.29) is 21.9 Å². The van der Waals surface area contributed by atoms with Gasteiger partial charge in [0.1, 0.15) is 5.75 Å². The fraction of sp³-hybridized carbons (Fsp3) is 0.409. The highest BCUT2D eigenvalue weighted by atomic mass is 35.5. The fourth-order valence-corrected chi connectivity index (χ4v) is 3.83. The van der Waals surface area contributed by atoms with Crippen LogP contribution in [0.2, 0.25) is 5.02 Å². The molecule has 7 heteroatoms. The van der Waals surface area contributed by atoms with Crippen LogP contribution in [0.3, 0.4) is 0 Å². The van der Waals surface area contributed by atoms with Crippen molar-refractivity contribution >= 4 is 11.6 Å². The number of phenolic OH excluding ortho intramolecular Hbond substituents is 1. The second-order valence-corrected chi connectivity index (χ2v) is 8.26. The first-order valence-corrected chi connectivity index (χ1v) is 9.51. The minimum Gasteiger partial charge on any atom is -0.507 e. The van der Waals surface area contributed by atoms with E-state index < -0.39 is 30.0 Å². The molecule has 1 atom stereocenters. The minimum atomic E-state index is -4.93. The summed E-state index contributed by atoms with van der Waals surface area (Å²) < 4.78 is 41.9. The summed E-state index contributed by atoms with van der Waals surface area (Å²) in [5.41, 5.74) is -2.99. The third-order valence-corrected chi connectivity index (χ3v) is 5.51. The van der Waals surface area contributed by atoms with Crippen molar-refractivity contribution in [3.63, 3.8) is 0 Å². The Balaban J connectivity index is 2.46. The van der Waals surface area contributed by atoms with Gasteiger partial charge in [0.25, 0.3) is 0 Å². The number of nitriles is 1. The first-order chi connectivity index (χ1) is 13.3. The number of alkyl halides is 3. The Bertz CT molecular complexity index is 935. The smallest absolute Gasteiger partial charge is 0.417 e. The van der Waals surface area contributed by atoms with Crippen molar-refractivity contribution in [2.75, 3.05) is 0 Å². The van der Waals surface area contributed by atoms with Crippen LogP contribution in [-0.2, 0) is 18.3 Å². The number of aromatic hydroxyl groups is 1. The quantitative estimate of drug-likeness (QED) is 0.625. The summed E-state index contributed by atoms with van der Waals surface area (Å²) in [6, 6.07) is 10.8. The Kier molecular flexibility index (Phi) is 6.56. The molecule has 0 heterocycles. The predicted molar refractivity (Wildman–Crippen MR) is 106 cm³/mol. The van der Waals surface area contributed by atoms with E-state index in [0.29, 0.717) is 17.5 Å². The van der Waals surface area contributed by atoms with Gasteiger partial charge in [-0.15, -0.1) is 0 Å². The van der Waals surface area contributed by atoms with E-state index >= 15 is 0 Å². The summed E-state index contributed by atoms with van der Waals surface area (Å²) in [6.07, 6.45) is -5.85. The lowest BCUT2D eigenvalue weighted by molar-refractivity contribution is -0.266. The maximum absolute atomic E-state index is 14.0. The van der Waals surface area contributed by atoms with Crippen molar-refractivity contribution in [2.45, 2.75) is 57.2 Å². The Morgan fingerprint density at radius 1 is 1.10 bits per heavy atom. The average molecular weight is 426 g/mol. The molecule has 2 aromatic carbocycles. The van der Waals surface area contributed by atoms with E-state index in [9.17, 15) is 23.4 Å². The molecule has 156 valence electrons. The van der Waals surface area contributed by atoms with E-state index in [1.165, 1.54) is 18.2 Å². The zero-order valence-electron chi connectivity index (χ0n) is 16.4. The lowest BCUT2D eigenvalue weighted by Gasteiger charge is -2.38. The normalized spacial score (nSPS) is 14.3. The monoisotopic (exact) mass is 425 g/mol. The van der Waals surface area contributed by atoms with Crippen LogP contribution in [0.15, 0.2) is 36.4 Å². The molecule has 0 aromatic heterocycles. The van der Waals surface area contributed by atoms with Crippen LogP contribution in [-0.4, -0.2) is 22.0 Å². The second-order valence-electron chi connectivity index (χ2n) is 7.85. The predicted octanol–water partition coefficient (Wildman–Crippen LogP) is 5.68. The van der Waals surface area contributed by atoms with Gasteiger partial charge >= 0.3 is 6.18 Å². The lowest BCUT2D eigenvalue weighted by Crippen LogP contribution is -2.50. The van der Waals surface area contributed by atoms with Gasteiger partial charge in [0, 0.05) is 11.4 Å². The molecule has 0 aliphatic carbocycles. The van der Waals surface area contributed by atoms with Crippen LogP contribution in [0, 0.1) is 11.3 Å². The van der Waals surface area contributed by atoms with Crippen molar-refractivity contribution in [3.05, 3.63) is 63.7 Å². The van der Waals surface area contributed by atoms with Gasteiger partial charge in [0.2, 0.25) is 0 Å². The maximum Gasteiger partial charge on any atom is 0.417 e. The molecular weight excluding hydrogens is 403 g/mol. The van der Waals surface area contributed by atoms with Gasteiger partial charge in [-0.05, 0) is 47.1 Å². The van der Waals surface area contributed by atoms with Crippen LogP contribution in [0.25, 0.3) is 0 Å². The molecule has 0 bridgehead atoms. The van der Waals surface area contributed by atoms with E-state index in [0.717, 1.165) is 0 Å². The van der Waals surface area contributed by atoms with Crippen LogP contribution < -0.4 is 0 Å². The third-order valence-electron chi connectivity index (χ3n) is 5.16. The summed E-state index contributed by atoms with van der Waals surface area (Å²) in [6.45, 7) is 4.95. The molecule has 0 spiro atoms. The Hall–Kier alpha value is -2.23. The van der Waals surface area contributed by atoms with Gasteiger partial charge in [-0.25, -0.2) is 0 Å². The number of hydrogen-bond acceptors (Lipinski definition) is 3. The summed E-state index contributed by atoms with van der Waals surface area (Å²) in [5.74, 6) is -0.0547. The van der Waals surface area contributed by atoms with Gasteiger partial charge in [-0.3, -0.25) is 0 Å². The maximum atomic E-state index is 14.0. The summed E-state index contributed by atoms with van der Waals surface area (Å²) in [5, 5.41) is 30.1. The second kappa shape index (κ2) is 8.25. The van der Waals surface area contributed by atoms with Gasteiger partial charge in [-0.1, -0.05) is 56.6 Å². The zero-order valence-corrected chi connectivity index (χ0v) is 17.2. The highest BCUT2D eigenvalue weighted by molar-refractivity contribution is 6.31. The molecule has 0 aliphatic rings. The molecule has 0 aliphatic heterocycles. The largest absolute Gasteiger partial charge is 0.507 e. The number of nitrogens with zero attached hydrogens (tertiary/aromatic N) is 1. The number of aliphatic hydroxyl groups is 1. The molecule has 0 fully saturated rings. The molecule has 0 saturated heterocycles. The number of rotatable bonds is 6. The molecule has 2 rings (SSSR count).